The number of carbonyl (C=O) groups excluding carboxylic acids is 1. The lowest BCUT2D eigenvalue weighted by atomic mass is 10.0. The zero-order valence-electron chi connectivity index (χ0n) is 10.6. The minimum Gasteiger partial charge on any atom is -0.311 e. The summed E-state index contributed by atoms with van der Waals surface area (Å²) in [7, 11) is 3.65. The first kappa shape index (κ1) is 17.2. The van der Waals surface area contributed by atoms with Crippen LogP contribution in [0.4, 0.5) is 5.69 Å². The Labute approximate surface area is 120 Å². The molecule has 0 aromatic carbocycles. The number of likely N-dealkylation sites (N-methyl/N-ethyl adjacent to an activating group) is 1. The van der Waals surface area contributed by atoms with Gasteiger partial charge in [0.25, 0.3) is 0 Å². The first-order chi connectivity index (χ1) is 7.68. The molecule has 104 valence electrons. The molecule has 0 bridgehead atoms. The van der Waals surface area contributed by atoms with Gasteiger partial charge in [-0.05, 0) is 19.4 Å². The van der Waals surface area contributed by atoms with E-state index < -0.39 is 0 Å². The van der Waals surface area contributed by atoms with Crippen molar-refractivity contribution >= 4 is 36.4 Å². The third-order valence-electron chi connectivity index (χ3n) is 3.02. The second-order valence-electron chi connectivity index (χ2n) is 4.27. The van der Waals surface area contributed by atoms with Crippen molar-refractivity contribution in [2.45, 2.75) is 25.3 Å². The second kappa shape index (κ2) is 7.61. The normalized spacial score (nSPS) is 18.4. The van der Waals surface area contributed by atoms with E-state index in [1.165, 1.54) is 6.42 Å². The van der Waals surface area contributed by atoms with Gasteiger partial charge in [0.05, 0.1) is 17.9 Å². The van der Waals surface area contributed by atoms with Crippen LogP contribution in [0.25, 0.3) is 0 Å². The number of nitrogens with one attached hydrogen (secondary N) is 1. The molecule has 1 aromatic heterocycles. The number of halogens is 2. The van der Waals surface area contributed by atoms with E-state index in [1.54, 1.807) is 22.8 Å². The summed E-state index contributed by atoms with van der Waals surface area (Å²) in [6, 6.07) is -0.0287. The molecule has 2 heterocycles. The third kappa shape index (κ3) is 3.86. The molecular weight excluding hydrogens is 275 g/mol. The predicted octanol–water partition coefficient (Wildman–Crippen LogP) is 1.37. The Kier molecular flexibility index (Phi) is 7.28. The Morgan fingerprint density at radius 3 is 2.72 bits per heavy atom. The van der Waals surface area contributed by atoms with Gasteiger partial charge in [-0.15, -0.1) is 24.8 Å². The lowest BCUT2D eigenvalue weighted by molar-refractivity contribution is -0.120. The van der Waals surface area contributed by atoms with Gasteiger partial charge in [0.2, 0.25) is 5.91 Å². The molecule has 5 nitrogen and oxygen atoms in total. The molecule has 1 aliphatic rings. The summed E-state index contributed by atoms with van der Waals surface area (Å²) in [5.41, 5.74) is 0.847. The summed E-state index contributed by atoms with van der Waals surface area (Å²) in [5.74, 6) is 0.132. The van der Waals surface area contributed by atoms with Gasteiger partial charge in [-0.25, -0.2) is 0 Å². The predicted molar refractivity (Wildman–Crippen MR) is 76.8 cm³/mol. The van der Waals surface area contributed by atoms with E-state index in [4.69, 9.17) is 0 Å². The van der Waals surface area contributed by atoms with Crippen LogP contribution in [0.2, 0.25) is 0 Å². The molecule has 1 saturated heterocycles. The Hall–Kier alpha value is -0.780. The van der Waals surface area contributed by atoms with Crippen molar-refractivity contribution in [1.82, 2.24) is 15.1 Å². The van der Waals surface area contributed by atoms with E-state index in [-0.39, 0.29) is 36.8 Å². The molecule has 1 fully saturated rings. The van der Waals surface area contributed by atoms with Crippen molar-refractivity contribution in [3.05, 3.63) is 12.4 Å². The molecular formula is C11H20Cl2N4O. The number of rotatable bonds is 2. The Bertz CT molecular complexity index is 377. The van der Waals surface area contributed by atoms with E-state index in [0.29, 0.717) is 0 Å². The minimum absolute atomic E-state index is 0. The molecule has 1 aliphatic heterocycles. The van der Waals surface area contributed by atoms with Crippen LogP contribution >= 0.6 is 24.8 Å². The molecule has 1 amide bonds. The zero-order valence-corrected chi connectivity index (χ0v) is 12.3. The van der Waals surface area contributed by atoms with Gasteiger partial charge in [-0.3, -0.25) is 9.48 Å². The number of aromatic nitrogens is 2. The molecule has 18 heavy (non-hydrogen) atoms. The zero-order chi connectivity index (χ0) is 11.5. The first-order valence-electron chi connectivity index (χ1n) is 5.68. The highest BCUT2D eigenvalue weighted by Gasteiger charge is 2.24. The number of carbonyl (C=O) groups is 1. The van der Waals surface area contributed by atoms with Crippen molar-refractivity contribution in [2.24, 2.45) is 7.05 Å². The Morgan fingerprint density at radius 2 is 2.22 bits per heavy atom. The molecule has 2 rings (SSSR count). The van der Waals surface area contributed by atoms with Crippen LogP contribution in [-0.4, -0.2) is 35.3 Å². The van der Waals surface area contributed by atoms with Gasteiger partial charge in [0.15, 0.2) is 0 Å². The maximum Gasteiger partial charge on any atom is 0.243 e. The lowest BCUT2D eigenvalue weighted by Gasteiger charge is -2.26. The highest BCUT2D eigenvalue weighted by Crippen LogP contribution is 2.15. The summed E-state index contributed by atoms with van der Waals surface area (Å²) in [6.07, 6.45) is 6.79. The van der Waals surface area contributed by atoms with Crippen LogP contribution in [-0.2, 0) is 11.8 Å². The van der Waals surface area contributed by atoms with Gasteiger partial charge in [0, 0.05) is 20.3 Å². The van der Waals surface area contributed by atoms with Crippen LogP contribution in [0.5, 0.6) is 0 Å². The number of aryl methyl sites for hydroxylation is 1. The van der Waals surface area contributed by atoms with Gasteiger partial charge >= 0.3 is 0 Å². The molecule has 7 heteroatoms. The summed E-state index contributed by atoms with van der Waals surface area (Å²) in [4.78, 5) is 13.8. The van der Waals surface area contributed by atoms with Crippen LogP contribution in [0.15, 0.2) is 12.4 Å². The SMILES string of the molecule is CN(C(=O)[C@H]1CCCCN1)c1cnn(C)c1.Cl.Cl. The van der Waals surface area contributed by atoms with Gasteiger partial charge in [-0.2, -0.15) is 5.10 Å². The summed E-state index contributed by atoms with van der Waals surface area (Å²) >= 11 is 0. The summed E-state index contributed by atoms with van der Waals surface area (Å²) < 4.78 is 1.70. The quantitative estimate of drug-likeness (QED) is 0.896. The second-order valence-corrected chi connectivity index (χ2v) is 4.27. The molecule has 1 N–H and O–H groups in total. The van der Waals surface area contributed by atoms with E-state index in [9.17, 15) is 4.79 Å². The monoisotopic (exact) mass is 294 g/mol. The van der Waals surface area contributed by atoms with Crippen molar-refractivity contribution in [3.63, 3.8) is 0 Å². The average molecular weight is 295 g/mol. The van der Waals surface area contributed by atoms with Crippen molar-refractivity contribution in [2.75, 3.05) is 18.5 Å². The maximum atomic E-state index is 12.1. The molecule has 0 spiro atoms. The highest BCUT2D eigenvalue weighted by atomic mass is 35.5. The highest BCUT2D eigenvalue weighted by molar-refractivity contribution is 5.96. The van der Waals surface area contributed by atoms with Crippen molar-refractivity contribution in [3.8, 4) is 0 Å². The molecule has 1 aromatic rings. The largest absolute Gasteiger partial charge is 0.311 e. The van der Waals surface area contributed by atoms with E-state index in [2.05, 4.69) is 10.4 Å². The van der Waals surface area contributed by atoms with Gasteiger partial charge in [-0.1, -0.05) is 6.42 Å². The fraction of sp³-hybridized carbons (Fsp3) is 0.636. The topological polar surface area (TPSA) is 50.2 Å². The number of amides is 1. The van der Waals surface area contributed by atoms with E-state index >= 15 is 0 Å². The molecule has 0 aliphatic carbocycles. The maximum absolute atomic E-state index is 12.1. The number of anilines is 1. The van der Waals surface area contributed by atoms with E-state index in [1.807, 2.05) is 13.2 Å². The molecule has 0 radical (unpaired) electrons. The molecule has 0 saturated carbocycles. The van der Waals surface area contributed by atoms with Crippen molar-refractivity contribution < 1.29 is 4.79 Å². The third-order valence-corrected chi connectivity index (χ3v) is 3.02. The Morgan fingerprint density at radius 1 is 1.50 bits per heavy atom. The fourth-order valence-corrected chi connectivity index (χ4v) is 2.01. The minimum atomic E-state index is -0.0287. The van der Waals surface area contributed by atoms with Gasteiger partial charge < -0.3 is 10.2 Å². The molecule has 0 unspecified atom stereocenters. The van der Waals surface area contributed by atoms with Crippen LogP contribution in [0.1, 0.15) is 19.3 Å². The molecule has 1 atom stereocenters. The fourth-order valence-electron chi connectivity index (χ4n) is 2.01. The average Bonchev–Trinajstić information content (AvgIpc) is 2.75. The standard InChI is InChI=1S/C11H18N4O.2ClH/c1-14-8-9(7-13-14)15(2)11(16)10-5-3-4-6-12-10;;/h7-8,10,12H,3-6H2,1-2H3;2*1H/t10-;;/m1../s1. The number of nitrogens with zero attached hydrogens (tertiary/aromatic N) is 3. The van der Waals surface area contributed by atoms with Crippen LogP contribution in [0, 0.1) is 0 Å². The van der Waals surface area contributed by atoms with Gasteiger partial charge in [0.1, 0.15) is 0 Å². The number of piperidine rings is 1. The summed E-state index contributed by atoms with van der Waals surface area (Å²) in [6.45, 7) is 0.942. The van der Waals surface area contributed by atoms with Crippen LogP contribution in [0.3, 0.4) is 0 Å². The van der Waals surface area contributed by atoms with E-state index in [0.717, 1.165) is 25.1 Å². The number of hydrogen-bond acceptors (Lipinski definition) is 3. The van der Waals surface area contributed by atoms with Crippen molar-refractivity contribution in [1.29, 1.82) is 0 Å². The first-order valence-corrected chi connectivity index (χ1v) is 5.68. The summed E-state index contributed by atoms with van der Waals surface area (Å²) in [5, 5.41) is 7.33. The van der Waals surface area contributed by atoms with Crippen LogP contribution < -0.4 is 10.2 Å². The number of hydrogen-bond donors (Lipinski definition) is 1. The Balaban J connectivity index is 0.00000144. The smallest absolute Gasteiger partial charge is 0.243 e. The lowest BCUT2D eigenvalue weighted by Crippen LogP contribution is -2.47.